The maximum Gasteiger partial charge on any atom is 0.256 e. The molecule has 6 rings (SSSR count). The van der Waals surface area contributed by atoms with E-state index < -0.39 is 0 Å². The monoisotopic (exact) mass is 518 g/mol. The van der Waals surface area contributed by atoms with Crippen LogP contribution < -0.4 is 10.6 Å². The lowest BCUT2D eigenvalue weighted by Crippen LogP contribution is -2.39. The van der Waals surface area contributed by atoms with Gasteiger partial charge in [0, 0.05) is 68.7 Å². The number of pyridine rings is 1. The number of nitrogens with one attached hydrogen (secondary N) is 2. The first-order valence-electron chi connectivity index (χ1n) is 13.4. The Balaban J connectivity index is 1.35. The van der Waals surface area contributed by atoms with Gasteiger partial charge in [0.15, 0.2) is 5.65 Å². The van der Waals surface area contributed by atoms with Crippen LogP contribution in [-0.2, 0) is 11.3 Å². The minimum atomic E-state index is -0.368. The third-order valence-corrected chi connectivity index (χ3v) is 7.62. The summed E-state index contributed by atoms with van der Waals surface area (Å²) in [5.74, 6) is 0.510. The maximum atomic E-state index is 13.3. The predicted octanol–water partition coefficient (Wildman–Crippen LogP) is 2.15. The molecule has 2 fully saturated rings. The summed E-state index contributed by atoms with van der Waals surface area (Å²) in [7, 11) is 1.83. The lowest BCUT2D eigenvalue weighted by molar-refractivity contribution is 0.0365. The summed E-state index contributed by atoms with van der Waals surface area (Å²) in [5.41, 5.74) is 3.51. The molecule has 2 atom stereocenters. The molecule has 4 aromatic rings. The van der Waals surface area contributed by atoms with Gasteiger partial charge in [-0.25, -0.2) is 9.97 Å². The lowest BCUT2D eigenvalue weighted by Gasteiger charge is -2.26. The standard InChI is InChI=1S/C27H34N8O3/c1-28-24-15-23(32-26-21(16-30-35(24)26)27(37)31-18-4-2-5-19(36)14-18)22-17-34(25-20(22)6-3-7-29-25)9-8-33-10-12-38-13-11-33/h3,6-7,15-19,28,36H,2,4-5,8-14H2,1H3,(H,31,37)/t18-,19-/m1/s1. The zero-order valence-electron chi connectivity index (χ0n) is 21.6. The normalized spacial score (nSPS) is 20.7. The Bertz CT molecular complexity index is 1440. The van der Waals surface area contributed by atoms with E-state index in [9.17, 15) is 9.90 Å². The number of nitrogens with zero attached hydrogens (tertiary/aromatic N) is 6. The van der Waals surface area contributed by atoms with E-state index in [4.69, 9.17) is 9.72 Å². The second-order valence-corrected chi connectivity index (χ2v) is 10.1. The van der Waals surface area contributed by atoms with E-state index in [1.54, 1.807) is 10.7 Å². The molecule has 1 aliphatic heterocycles. The molecule has 1 saturated carbocycles. The van der Waals surface area contributed by atoms with Gasteiger partial charge in [0.1, 0.15) is 17.0 Å². The van der Waals surface area contributed by atoms with Crippen LogP contribution in [0.4, 0.5) is 5.82 Å². The summed E-state index contributed by atoms with van der Waals surface area (Å²) in [6.45, 7) is 5.15. The van der Waals surface area contributed by atoms with Crippen molar-refractivity contribution in [2.24, 2.45) is 0 Å². The molecule has 0 unspecified atom stereocenters. The van der Waals surface area contributed by atoms with Gasteiger partial charge in [-0.3, -0.25) is 9.69 Å². The highest BCUT2D eigenvalue weighted by molar-refractivity contribution is 6.01. The number of ether oxygens (including phenoxy) is 1. The number of hydrogen-bond donors (Lipinski definition) is 3. The van der Waals surface area contributed by atoms with Crippen LogP contribution in [0.1, 0.15) is 36.0 Å². The van der Waals surface area contributed by atoms with Crippen LogP contribution in [0.2, 0.25) is 0 Å². The summed E-state index contributed by atoms with van der Waals surface area (Å²) < 4.78 is 9.33. The average molecular weight is 519 g/mol. The smallest absolute Gasteiger partial charge is 0.256 e. The van der Waals surface area contributed by atoms with Crippen molar-refractivity contribution in [3.05, 3.63) is 42.4 Å². The minimum absolute atomic E-state index is 0.0522. The molecule has 11 heteroatoms. The van der Waals surface area contributed by atoms with Crippen molar-refractivity contribution in [1.82, 2.24) is 34.4 Å². The Morgan fingerprint density at radius 2 is 2.08 bits per heavy atom. The predicted molar refractivity (Wildman–Crippen MR) is 144 cm³/mol. The Morgan fingerprint density at radius 1 is 1.21 bits per heavy atom. The molecular weight excluding hydrogens is 484 g/mol. The van der Waals surface area contributed by atoms with Gasteiger partial charge in [-0.05, 0) is 37.8 Å². The third kappa shape index (κ3) is 4.84. The van der Waals surface area contributed by atoms with Crippen molar-refractivity contribution in [2.45, 2.75) is 44.4 Å². The first-order valence-corrected chi connectivity index (χ1v) is 13.4. The molecule has 2 aliphatic rings. The van der Waals surface area contributed by atoms with Gasteiger partial charge < -0.3 is 25.0 Å². The summed E-state index contributed by atoms with van der Waals surface area (Å²) in [4.78, 5) is 25.3. The number of amides is 1. The number of anilines is 1. The van der Waals surface area contributed by atoms with Crippen molar-refractivity contribution in [2.75, 3.05) is 45.2 Å². The highest BCUT2D eigenvalue weighted by atomic mass is 16.5. The van der Waals surface area contributed by atoms with Gasteiger partial charge in [-0.15, -0.1) is 0 Å². The minimum Gasteiger partial charge on any atom is -0.393 e. The summed E-state index contributed by atoms with van der Waals surface area (Å²) in [6, 6.07) is 5.90. The molecule has 5 heterocycles. The van der Waals surface area contributed by atoms with Gasteiger partial charge in [-0.2, -0.15) is 9.61 Å². The molecule has 38 heavy (non-hydrogen) atoms. The molecule has 0 spiro atoms. The maximum absolute atomic E-state index is 13.3. The molecule has 0 radical (unpaired) electrons. The first kappa shape index (κ1) is 24.8. The number of rotatable bonds is 7. The van der Waals surface area contributed by atoms with Crippen LogP contribution in [0, 0.1) is 0 Å². The molecule has 0 bridgehead atoms. The van der Waals surface area contributed by atoms with Gasteiger partial charge >= 0.3 is 0 Å². The Morgan fingerprint density at radius 3 is 2.89 bits per heavy atom. The molecule has 200 valence electrons. The van der Waals surface area contributed by atoms with E-state index in [-0.39, 0.29) is 18.1 Å². The molecule has 11 nitrogen and oxygen atoms in total. The van der Waals surface area contributed by atoms with Crippen molar-refractivity contribution >= 4 is 28.4 Å². The van der Waals surface area contributed by atoms with E-state index in [0.29, 0.717) is 17.6 Å². The van der Waals surface area contributed by atoms with Crippen molar-refractivity contribution in [1.29, 1.82) is 0 Å². The van der Waals surface area contributed by atoms with Crippen LogP contribution in [0.15, 0.2) is 36.8 Å². The van der Waals surface area contributed by atoms with E-state index in [1.807, 2.05) is 25.4 Å². The second kappa shape index (κ2) is 10.7. The molecular formula is C27H34N8O3. The number of fused-ring (bicyclic) bond motifs is 2. The molecule has 1 saturated heterocycles. The van der Waals surface area contributed by atoms with Crippen molar-refractivity contribution in [3.63, 3.8) is 0 Å². The molecule has 4 aromatic heterocycles. The average Bonchev–Trinajstić information content (AvgIpc) is 3.54. The number of morpholine rings is 1. The fraction of sp³-hybridized carbons (Fsp3) is 0.481. The second-order valence-electron chi connectivity index (χ2n) is 10.1. The van der Waals surface area contributed by atoms with Crippen LogP contribution >= 0.6 is 0 Å². The van der Waals surface area contributed by atoms with E-state index in [2.05, 4.69) is 42.4 Å². The molecule has 0 aromatic carbocycles. The van der Waals surface area contributed by atoms with Crippen LogP contribution in [-0.4, -0.2) is 92.1 Å². The number of aliphatic hydroxyl groups is 1. The Kier molecular flexibility index (Phi) is 6.96. The summed E-state index contributed by atoms with van der Waals surface area (Å²) in [6.07, 6.45) is 8.24. The van der Waals surface area contributed by atoms with Gasteiger partial charge in [0.2, 0.25) is 0 Å². The van der Waals surface area contributed by atoms with Crippen molar-refractivity contribution < 1.29 is 14.6 Å². The zero-order valence-corrected chi connectivity index (χ0v) is 21.6. The lowest BCUT2D eigenvalue weighted by atomic mass is 9.93. The van der Waals surface area contributed by atoms with Gasteiger partial charge in [0.05, 0.1) is 31.2 Å². The fourth-order valence-electron chi connectivity index (χ4n) is 5.57. The number of hydrogen-bond acceptors (Lipinski definition) is 8. The Labute approximate surface area is 220 Å². The van der Waals surface area contributed by atoms with Gasteiger partial charge in [0.25, 0.3) is 5.91 Å². The van der Waals surface area contributed by atoms with E-state index in [0.717, 1.165) is 86.8 Å². The molecule has 1 amide bonds. The molecule has 3 N–H and O–H groups in total. The summed E-state index contributed by atoms with van der Waals surface area (Å²) in [5, 5.41) is 21.8. The quantitative estimate of drug-likeness (QED) is 0.340. The third-order valence-electron chi connectivity index (χ3n) is 7.62. The summed E-state index contributed by atoms with van der Waals surface area (Å²) >= 11 is 0. The highest BCUT2D eigenvalue weighted by Gasteiger charge is 2.25. The topological polar surface area (TPSA) is 122 Å². The SMILES string of the molecule is CNc1cc(-c2cn(CCN3CCOCC3)c3ncccc23)nc2c(C(=O)N[C@@H]3CCC[C@@H](O)C3)cnn12. The van der Waals surface area contributed by atoms with Crippen LogP contribution in [0.3, 0.4) is 0 Å². The number of aromatic nitrogens is 5. The largest absolute Gasteiger partial charge is 0.393 e. The number of aliphatic hydroxyl groups excluding tert-OH is 1. The number of carbonyl (C=O) groups excluding carboxylic acids is 1. The number of carbonyl (C=O) groups is 1. The molecule has 1 aliphatic carbocycles. The van der Waals surface area contributed by atoms with Crippen molar-refractivity contribution in [3.8, 4) is 11.3 Å². The van der Waals surface area contributed by atoms with E-state index >= 15 is 0 Å². The highest BCUT2D eigenvalue weighted by Crippen LogP contribution is 2.31. The first-order chi connectivity index (χ1) is 18.6. The van der Waals surface area contributed by atoms with E-state index in [1.165, 1.54) is 0 Å². The van der Waals surface area contributed by atoms with Gasteiger partial charge in [-0.1, -0.05) is 0 Å². The van der Waals surface area contributed by atoms with Crippen LogP contribution in [0.25, 0.3) is 27.9 Å². The fourth-order valence-corrected chi connectivity index (χ4v) is 5.57. The zero-order chi connectivity index (χ0) is 26.1. The Hall–Kier alpha value is -3.54. The van der Waals surface area contributed by atoms with Crippen LogP contribution in [0.5, 0.6) is 0 Å².